The fraction of sp³-hybridized carbons (Fsp3) is 0.563. The highest BCUT2D eigenvalue weighted by Crippen LogP contribution is 2.45. The lowest BCUT2D eigenvalue weighted by Gasteiger charge is -2.24. The van der Waals surface area contributed by atoms with Gasteiger partial charge in [-0.2, -0.15) is 0 Å². The molecular weight excluding hydrogens is 897 g/mol. The lowest BCUT2D eigenvalue weighted by Crippen LogP contribution is -2.15. The molecular formula is C71H100N2O. The van der Waals surface area contributed by atoms with Crippen LogP contribution < -0.4 is 4.74 Å². The van der Waals surface area contributed by atoms with Gasteiger partial charge in [-0.25, -0.2) is 4.98 Å². The van der Waals surface area contributed by atoms with Gasteiger partial charge in [-0.3, -0.25) is 0 Å². The number of rotatable bonds is 31. The summed E-state index contributed by atoms with van der Waals surface area (Å²) in [6.45, 7) is 25.0. The normalized spacial score (nSPS) is 13.2. The fourth-order valence-corrected chi connectivity index (χ4v) is 11.9. The minimum Gasteiger partial charge on any atom is -0.493 e. The SMILES string of the molecule is CCCCCCCCC(CCCCCC)COc1ccc2ccccc2c1-c1nc2c3cc(-c4ccc(C(C)(C)C)cc4)ccc3c3ccc(C(C)(C)C)cc3c2n1CC(CCCCCC)CCCCCCCC. The van der Waals surface area contributed by atoms with E-state index in [4.69, 9.17) is 9.72 Å². The van der Waals surface area contributed by atoms with Crippen LogP contribution >= 0.6 is 0 Å². The van der Waals surface area contributed by atoms with Gasteiger partial charge in [-0.1, -0.05) is 277 Å². The van der Waals surface area contributed by atoms with Crippen LogP contribution in [0.3, 0.4) is 0 Å². The molecule has 0 aliphatic heterocycles. The summed E-state index contributed by atoms with van der Waals surface area (Å²) in [6.07, 6.45) is 31.3. The molecule has 2 atom stereocenters. The maximum absolute atomic E-state index is 7.37. The Morgan fingerprint density at radius 1 is 0.446 bits per heavy atom. The van der Waals surface area contributed by atoms with Crippen molar-refractivity contribution < 1.29 is 4.74 Å². The van der Waals surface area contributed by atoms with E-state index >= 15 is 0 Å². The van der Waals surface area contributed by atoms with Crippen molar-refractivity contribution in [2.45, 2.75) is 241 Å². The smallest absolute Gasteiger partial charge is 0.145 e. The molecule has 400 valence electrons. The molecule has 0 amide bonds. The first-order valence-corrected chi connectivity index (χ1v) is 30.5. The first-order valence-electron chi connectivity index (χ1n) is 30.5. The Balaban J connectivity index is 1.46. The third kappa shape index (κ3) is 15.1. The molecule has 0 fully saturated rings. The molecule has 0 bridgehead atoms. The highest BCUT2D eigenvalue weighted by Gasteiger charge is 2.27. The second-order valence-electron chi connectivity index (χ2n) is 24.9. The maximum Gasteiger partial charge on any atom is 0.145 e. The molecule has 2 unspecified atom stereocenters. The second-order valence-corrected chi connectivity index (χ2v) is 24.9. The third-order valence-electron chi connectivity index (χ3n) is 16.7. The molecule has 1 aromatic heterocycles. The van der Waals surface area contributed by atoms with Crippen LogP contribution in [0.4, 0.5) is 0 Å². The Labute approximate surface area is 451 Å². The van der Waals surface area contributed by atoms with E-state index in [2.05, 4.69) is 171 Å². The number of aromatic nitrogens is 2. The second kappa shape index (κ2) is 27.9. The summed E-state index contributed by atoms with van der Waals surface area (Å²) in [6, 6.07) is 37.5. The molecule has 7 rings (SSSR count). The summed E-state index contributed by atoms with van der Waals surface area (Å²) in [5.41, 5.74) is 8.85. The highest BCUT2D eigenvalue weighted by atomic mass is 16.5. The average Bonchev–Trinajstić information content (AvgIpc) is 3.79. The molecule has 0 aliphatic carbocycles. The standard InChI is InChI=1S/C71H100N2O/c1-11-15-19-23-25-29-34-53(33-27-21-17-13-3)51-73-68-64-50-59(71(8,9)10)45-47-62(64)61-46-41-57(55-39-43-58(44-40-55)70(5,6)7)49-63(61)67(68)72-69(73)66-60-38-32-31-37-56(60)42-48-65(66)74-52-54(35-28-22-18-14-4)36-30-26-24-20-16-12-2/h31-32,37-50,53-54H,11-30,33-36,51-52H2,1-10H3. The van der Waals surface area contributed by atoms with Gasteiger partial charge < -0.3 is 9.30 Å². The molecule has 0 aliphatic rings. The van der Waals surface area contributed by atoms with Gasteiger partial charge in [-0.05, 0) is 110 Å². The first-order chi connectivity index (χ1) is 35.9. The van der Waals surface area contributed by atoms with Crippen LogP contribution in [0, 0.1) is 11.8 Å². The van der Waals surface area contributed by atoms with E-state index in [-0.39, 0.29) is 10.8 Å². The predicted octanol–water partition coefficient (Wildman–Crippen LogP) is 22.5. The third-order valence-corrected chi connectivity index (χ3v) is 16.7. The molecule has 0 spiro atoms. The van der Waals surface area contributed by atoms with Crippen LogP contribution in [0.25, 0.3) is 65.9 Å². The molecule has 0 radical (unpaired) electrons. The molecule has 74 heavy (non-hydrogen) atoms. The summed E-state index contributed by atoms with van der Waals surface area (Å²) in [4.78, 5) is 6.10. The van der Waals surface area contributed by atoms with Crippen LogP contribution in [0.15, 0.2) is 97.1 Å². The minimum absolute atomic E-state index is 0.00888. The topological polar surface area (TPSA) is 27.1 Å². The van der Waals surface area contributed by atoms with Crippen molar-refractivity contribution in [1.29, 1.82) is 0 Å². The summed E-state index contributed by atoms with van der Waals surface area (Å²) >= 11 is 0. The van der Waals surface area contributed by atoms with Crippen molar-refractivity contribution in [2.75, 3.05) is 6.61 Å². The molecule has 7 aromatic rings. The Kier molecular flexibility index (Phi) is 21.6. The van der Waals surface area contributed by atoms with Gasteiger partial charge >= 0.3 is 0 Å². The van der Waals surface area contributed by atoms with Crippen LogP contribution in [-0.2, 0) is 17.4 Å². The van der Waals surface area contributed by atoms with Gasteiger partial charge in [0.05, 0.1) is 23.2 Å². The van der Waals surface area contributed by atoms with Gasteiger partial charge in [0, 0.05) is 17.3 Å². The maximum atomic E-state index is 7.37. The molecule has 0 saturated carbocycles. The Morgan fingerprint density at radius 3 is 1.54 bits per heavy atom. The van der Waals surface area contributed by atoms with E-state index in [0.29, 0.717) is 11.8 Å². The number of hydrogen-bond donors (Lipinski definition) is 0. The van der Waals surface area contributed by atoms with Crippen molar-refractivity contribution in [1.82, 2.24) is 9.55 Å². The van der Waals surface area contributed by atoms with Crippen LogP contribution in [-0.4, -0.2) is 16.2 Å². The number of hydrogen-bond acceptors (Lipinski definition) is 2. The fourth-order valence-electron chi connectivity index (χ4n) is 11.9. The largest absolute Gasteiger partial charge is 0.493 e. The molecule has 1 heterocycles. The number of benzene rings is 6. The molecule has 3 heteroatoms. The van der Waals surface area contributed by atoms with E-state index in [9.17, 15) is 0 Å². The van der Waals surface area contributed by atoms with E-state index in [0.717, 1.165) is 35.8 Å². The van der Waals surface area contributed by atoms with E-state index < -0.39 is 0 Å². The lowest BCUT2D eigenvalue weighted by atomic mass is 9.84. The monoisotopic (exact) mass is 997 g/mol. The number of imidazole rings is 1. The van der Waals surface area contributed by atoms with Gasteiger partial charge in [0.2, 0.25) is 0 Å². The Morgan fingerprint density at radius 2 is 0.946 bits per heavy atom. The van der Waals surface area contributed by atoms with Gasteiger partial charge in [-0.15, -0.1) is 0 Å². The van der Waals surface area contributed by atoms with Gasteiger partial charge in [0.1, 0.15) is 11.6 Å². The Bertz CT molecular complexity index is 2790. The molecule has 0 saturated heterocycles. The van der Waals surface area contributed by atoms with Gasteiger partial charge in [0.25, 0.3) is 0 Å². The number of fused-ring (bicyclic) bond motifs is 7. The summed E-state index contributed by atoms with van der Waals surface area (Å²) in [5.74, 6) is 3.14. The van der Waals surface area contributed by atoms with E-state index in [1.165, 1.54) is 214 Å². The zero-order valence-electron chi connectivity index (χ0n) is 48.6. The van der Waals surface area contributed by atoms with E-state index in [1.54, 1.807) is 0 Å². The van der Waals surface area contributed by atoms with Crippen molar-refractivity contribution >= 4 is 43.4 Å². The van der Waals surface area contributed by atoms with Crippen molar-refractivity contribution in [3.05, 3.63) is 108 Å². The van der Waals surface area contributed by atoms with Crippen molar-refractivity contribution in [3.63, 3.8) is 0 Å². The predicted molar refractivity (Wildman–Crippen MR) is 327 cm³/mol. The summed E-state index contributed by atoms with van der Waals surface area (Å²) in [5, 5.41) is 7.61. The zero-order valence-corrected chi connectivity index (χ0v) is 48.6. The Hall–Kier alpha value is -4.63. The lowest BCUT2D eigenvalue weighted by molar-refractivity contribution is 0.225. The number of ether oxygens (including phenoxy) is 1. The summed E-state index contributed by atoms with van der Waals surface area (Å²) in [7, 11) is 0. The summed E-state index contributed by atoms with van der Waals surface area (Å²) < 4.78 is 10.1. The molecule has 3 nitrogen and oxygen atoms in total. The number of nitrogens with zero attached hydrogens (tertiary/aromatic N) is 2. The van der Waals surface area contributed by atoms with Crippen LogP contribution in [0.1, 0.15) is 234 Å². The van der Waals surface area contributed by atoms with E-state index in [1.807, 2.05) is 0 Å². The van der Waals surface area contributed by atoms with Crippen LogP contribution in [0.5, 0.6) is 5.75 Å². The number of unbranched alkanes of at least 4 members (excludes halogenated alkanes) is 16. The molecule has 6 aromatic carbocycles. The average molecular weight is 998 g/mol. The zero-order chi connectivity index (χ0) is 52.5. The quantitative estimate of drug-likeness (QED) is 0.0320. The van der Waals surface area contributed by atoms with Crippen molar-refractivity contribution in [2.24, 2.45) is 11.8 Å². The van der Waals surface area contributed by atoms with Crippen LogP contribution in [0.2, 0.25) is 0 Å². The minimum atomic E-state index is -0.00888. The first kappa shape index (κ1) is 57.1. The van der Waals surface area contributed by atoms with Gasteiger partial charge in [0.15, 0.2) is 0 Å². The highest BCUT2D eigenvalue weighted by molar-refractivity contribution is 6.25. The molecule has 0 N–H and O–H groups in total. The van der Waals surface area contributed by atoms with Crippen molar-refractivity contribution in [3.8, 4) is 28.3 Å².